The van der Waals surface area contributed by atoms with Crippen molar-refractivity contribution in [3.05, 3.63) is 41.0 Å². The molecule has 0 unspecified atom stereocenters. The first-order chi connectivity index (χ1) is 7.22. The van der Waals surface area contributed by atoms with Crippen LogP contribution in [0.25, 0.3) is 10.9 Å². The topological polar surface area (TPSA) is 64.9 Å². The Hall–Kier alpha value is -0.870. The third-order valence-corrected chi connectivity index (χ3v) is 2.66. The highest BCUT2D eigenvalue weighted by Crippen LogP contribution is 2.23. The van der Waals surface area contributed by atoms with Gasteiger partial charge in [0.25, 0.3) is 0 Å². The summed E-state index contributed by atoms with van der Waals surface area (Å²) < 4.78 is 0. The Bertz CT molecular complexity index is 488. The first kappa shape index (κ1) is 13.2. The second kappa shape index (κ2) is 5.46. The minimum absolute atomic E-state index is 0. The molecule has 0 bridgehead atoms. The fourth-order valence-corrected chi connectivity index (χ4v) is 1.78. The molecule has 0 saturated carbocycles. The predicted molar refractivity (Wildman–Crippen MR) is 70.0 cm³/mol. The van der Waals surface area contributed by atoms with Gasteiger partial charge in [-0.3, -0.25) is 0 Å². The Morgan fingerprint density at radius 2 is 2.00 bits per heavy atom. The standard InChI is InChI=1S/C11H12ClN3.ClH/c12-11-8(9(14)6-13)5-7-3-1-2-4-10(7)15-11;/h1-5,9H,6,13-14H2;1H/t9-;/m0./s1. The number of pyridine rings is 1. The molecular weight excluding hydrogens is 245 g/mol. The van der Waals surface area contributed by atoms with E-state index in [4.69, 9.17) is 23.1 Å². The van der Waals surface area contributed by atoms with Gasteiger partial charge in [-0.05, 0) is 12.1 Å². The summed E-state index contributed by atoms with van der Waals surface area (Å²) in [6.45, 7) is 0.361. The number of aromatic nitrogens is 1. The molecule has 0 saturated heterocycles. The maximum atomic E-state index is 6.03. The van der Waals surface area contributed by atoms with Gasteiger partial charge in [-0.15, -0.1) is 12.4 Å². The molecule has 0 fully saturated rings. The molecular formula is C11H13Cl2N3. The van der Waals surface area contributed by atoms with E-state index < -0.39 is 0 Å². The van der Waals surface area contributed by atoms with Gasteiger partial charge in [0.15, 0.2) is 0 Å². The Labute approximate surface area is 105 Å². The van der Waals surface area contributed by atoms with E-state index in [1.165, 1.54) is 0 Å². The molecule has 5 heteroatoms. The number of hydrogen-bond donors (Lipinski definition) is 2. The van der Waals surface area contributed by atoms with Crippen molar-refractivity contribution in [1.29, 1.82) is 0 Å². The summed E-state index contributed by atoms with van der Waals surface area (Å²) in [7, 11) is 0. The SMILES string of the molecule is Cl.NC[C@H](N)c1cc2ccccc2nc1Cl. The van der Waals surface area contributed by atoms with Crippen molar-refractivity contribution in [3.8, 4) is 0 Å². The molecule has 1 heterocycles. The van der Waals surface area contributed by atoms with Crippen molar-refractivity contribution >= 4 is 34.9 Å². The third-order valence-electron chi connectivity index (χ3n) is 2.36. The molecule has 3 nitrogen and oxygen atoms in total. The van der Waals surface area contributed by atoms with Crippen LogP contribution in [0.1, 0.15) is 11.6 Å². The molecule has 0 radical (unpaired) electrons. The average Bonchev–Trinajstić information content (AvgIpc) is 2.27. The predicted octanol–water partition coefficient (Wildman–Crippen LogP) is 2.27. The van der Waals surface area contributed by atoms with E-state index in [-0.39, 0.29) is 18.4 Å². The minimum Gasteiger partial charge on any atom is -0.329 e. The highest BCUT2D eigenvalue weighted by molar-refractivity contribution is 6.30. The zero-order valence-electron chi connectivity index (χ0n) is 8.56. The zero-order chi connectivity index (χ0) is 10.8. The quantitative estimate of drug-likeness (QED) is 0.812. The number of fused-ring (bicyclic) bond motifs is 1. The minimum atomic E-state index is -0.255. The molecule has 1 atom stereocenters. The summed E-state index contributed by atoms with van der Waals surface area (Å²) in [6.07, 6.45) is 0. The van der Waals surface area contributed by atoms with E-state index in [2.05, 4.69) is 4.98 Å². The zero-order valence-corrected chi connectivity index (χ0v) is 10.1. The van der Waals surface area contributed by atoms with E-state index in [9.17, 15) is 0 Å². The third kappa shape index (κ3) is 2.44. The first-order valence-electron chi connectivity index (χ1n) is 4.73. The van der Waals surface area contributed by atoms with Crippen molar-refractivity contribution < 1.29 is 0 Å². The van der Waals surface area contributed by atoms with Crippen LogP contribution in [-0.2, 0) is 0 Å². The van der Waals surface area contributed by atoms with Gasteiger partial charge in [0.1, 0.15) is 5.15 Å². The van der Waals surface area contributed by atoms with E-state index in [0.29, 0.717) is 11.7 Å². The normalized spacial score (nSPS) is 12.2. The fraction of sp³-hybridized carbons (Fsp3) is 0.182. The van der Waals surface area contributed by atoms with Crippen LogP contribution in [0.3, 0.4) is 0 Å². The number of halogens is 2. The molecule has 2 rings (SSSR count). The van der Waals surface area contributed by atoms with Crippen LogP contribution >= 0.6 is 24.0 Å². The Morgan fingerprint density at radius 3 is 2.69 bits per heavy atom. The lowest BCUT2D eigenvalue weighted by atomic mass is 10.1. The fourth-order valence-electron chi connectivity index (χ4n) is 1.50. The molecule has 16 heavy (non-hydrogen) atoms. The number of nitrogens with zero attached hydrogens (tertiary/aromatic N) is 1. The van der Waals surface area contributed by atoms with Crippen LogP contribution in [0.4, 0.5) is 0 Å². The highest BCUT2D eigenvalue weighted by atomic mass is 35.5. The van der Waals surface area contributed by atoms with Gasteiger partial charge in [-0.1, -0.05) is 29.8 Å². The first-order valence-corrected chi connectivity index (χ1v) is 5.11. The van der Waals surface area contributed by atoms with Crippen LogP contribution in [0.5, 0.6) is 0 Å². The largest absolute Gasteiger partial charge is 0.329 e. The van der Waals surface area contributed by atoms with Gasteiger partial charge in [-0.25, -0.2) is 4.98 Å². The summed E-state index contributed by atoms with van der Waals surface area (Å²) >= 11 is 6.03. The molecule has 2 aromatic rings. The van der Waals surface area contributed by atoms with Gasteiger partial charge in [-0.2, -0.15) is 0 Å². The lowest BCUT2D eigenvalue weighted by Gasteiger charge is -2.11. The number of hydrogen-bond acceptors (Lipinski definition) is 3. The maximum Gasteiger partial charge on any atom is 0.134 e. The number of benzene rings is 1. The van der Waals surface area contributed by atoms with Gasteiger partial charge < -0.3 is 11.5 Å². The summed E-state index contributed by atoms with van der Waals surface area (Å²) in [5.41, 5.74) is 13.0. The number of para-hydroxylation sites is 1. The Kier molecular flexibility index (Phi) is 4.50. The van der Waals surface area contributed by atoms with Crippen molar-refractivity contribution in [1.82, 2.24) is 4.98 Å². The Balaban J connectivity index is 0.00000128. The lowest BCUT2D eigenvalue weighted by Crippen LogP contribution is -2.21. The lowest BCUT2D eigenvalue weighted by molar-refractivity contribution is 0.735. The monoisotopic (exact) mass is 257 g/mol. The van der Waals surface area contributed by atoms with E-state index in [1.54, 1.807) is 0 Å². The average molecular weight is 258 g/mol. The molecule has 0 aliphatic rings. The van der Waals surface area contributed by atoms with E-state index in [0.717, 1.165) is 16.5 Å². The number of rotatable bonds is 2. The smallest absolute Gasteiger partial charge is 0.134 e. The summed E-state index contributed by atoms with van der Waals surface area (Å²) in [6, 6.07) is 9.46. The second-order valence-corrected chi connectivity index (χ2v) is 3.76. The van der Waals surface area contributed by atoms with Gasteiger partial charge >= 0.3 is 0 Å². The molecule has 4 N–H and O–H groups in total. The summed E-state index contributed by atoms with van der Waals surface area (Å²) in [4.78, 5) is 4.27. The molecule has 1 aromatic carbocycles. The van der Waals surface area contributed by atoms with Crippen molar-refractivity contribution in [3.63, 3.8) is 0 Å². The molecule has 0 spiro atoms. The molecule has 0 aliphatic carbocycles. The van der Waals surface area contributed by atoms with Gasteiger partial charge in [0.2, 0.25) is 0 Å². The van der Waals surface area contributed by atoms with Crippen LogP contribution in [0.15, 0.2) is 30.3 Å². The maximum absolute atomic E-state index is 6.03. The molecule has 0 amide bonds. The Morgan fingerprint density at radius 1 is 1.31 bits per heavy atom. The van der Waals surface area contributed by atoms with Crippen LogP contribution in [-0.4, -0.2) is 11.5 Å². The van der Waals surface area contributed by atoms with E-state index in [1.807, 2.05) is 30.3 Å². The molecule has 86 valence electrons. The van der Waals surface area contributed by atoms with Crippen molar-refractivity contribution in [2.24, 2.45) is 11.5 Å². The van der Waals surface area contributed by atoms with Crippen molar-refractivity contribution in [2.45, 2.75) is 6.04 Å². The molecule has 1 aromatic heterocycles. The second-order valence-electron chi connectivity index (χ2n) is 3.40. The molecule has 0 aliphatic heterocycles. The summed E-state index contributed by atoms with van der Waals surface area (Å²) in [5, 5.41) is 1.47. The summed E-state index contributed by atoms with van der Waals surface area (Å²) in [5.74, 6) is 0. The van der Waals surface area contributed by atoms with Crippen molar-refractivity contribution in [2.75, 3.05) is 6.54 Å². The van der Waals surface area contributed by atoms with Gasteiger partial charge in [0, 0.05) is 23.5 Å². The van der Waals surface area contributed by atoms with Crippen LogP contribution in [0.2, 0.25) is 5.15 Å². The van der Waals surface area contributed by atoms with Crippen LogP contribution in [0, 0.1) is 0 Å². The highest BCUT2D eigenvalue weighted by Gasteiger charge is 2.10. The van der Waals surface area contributed by atoms with Crippen LogP contribution < -0.4 is 11.5 Å². The van der Waals surface area contributed by atoms with E-state index >= 15 is 0 Å². The van der Waals surface area contributed by atoms with Gasteiger partial charge in [0.05, 0.1) is 5.52 Å². The number of nitrogens with two attached hydrogens (primary N) is 2.